The van der Waals surface area contributed by atoms with Crippen molar-refractivity contribution in [1.82, 2.24) is 9.97 Å². The van der Waals surface area contributed by atoms with E-state index in [1.807, 2.05) is 30.3 Å². The van der Waals surface area contributed by atoms with Gasteiger partial charge in [0.05, 0.1) is 6.20 Å². The minimum absolute atomic E-state index is 0.149. The molecule has 0 aliphatic heterocycles. The lowest BCUT2D eigenvalue weighted by Gasteiger charge is -1.95. The monoisotopic (exact) mass is 194 g/mol. The lowest BCUT2D eigenvalue weighted by Crippen LogP contribution is -1.83. The van der Waals surface area contributed by atoms with Crippen LogP contribution >= 0.6 is 0 Å². The molecule has 0 atom stereocenters. The van der Waals surface area contributed by atoms with Gasteiger partial charge in [-0.3, -0.25) is 0 Å². The van der Waals surface area contributed by atoms with Crippen molar-refractivity contribution in [2.75, 3.05) is 0 Å². The number of nitrogens with one attached hydrogen (secondary N) is 1. The summed E-state index contributed by atoms with van der Waals surface area (Å²) in [6.07, 6.45) is -1.34. The van der Waals surface area contributed by atoms with E-state index >= 15 is 0 Å². The summed E-state index contributed by atoms with van der Waals surface area (Å²) < 4.78 is 24.4. The van der Waals surface area contributed by atoms with E-state index in [-0.39, 0.29) is 5.69 Å². The second kappa shape index (κ2) is 3.57. The van der Waals surface area contributed by atoms with Gasteiger partial charge in [-0.05, 0) is 0 Å². The number of alkyl halides is 2. The number of hydrogen-bond acceptors (Lipinski definition) is 1. The second-order valence-corrected chi connectivity index (χ2v) is 2.85. The van der Waals surface area contributed by atoms with Crippen molar-refractivity contribution in [2.45, 2.75) is 6.43 Å². The first-order chi connectivity index (χ1) is 6.77. The molecule has 1 aromatic heterocycles. The number of rotatable bonds is 2. The minimum atomic E-state index is -2.50. The highest BCUT2D eigenvalue weighted by Crippen LogP contribution is 2.20. The highest BCUT2D eigenvalue weighted by Gasteiger charge is 2.10. The predicted octanol–water partition coefficient (Wildman–Crippen LogP) is 3.01. The number of hydrogen-bond donors (Lipinski definition) is 1. The molecule has 0 spiro atoms. The summed E-state index contributed by atoms with van der Waals surface area (Å²) in [4.78, 5) is 6.44. The Hall–Kier alpha value is -1.71. The molecule has 0 saturated heterocycles. The highest BCUT2D eigenvalue weighted by atomic mass is 19.3. The number of nitrogens with zero attached hydrogens (tertiary/aromatic N) is 1. The summed E-state index contributed by atoms with van der Waals surface area (Å²) in [6.45, 7) is 0. The van der Waals surface area contributed by atoms with Crippen LogP contribution in [0.3, 0.4) is 0 Å². The fourth-order valence-electron chi connectivity index (χ4n) is 1.19. The van der Waals surface area contributed by atoms with Crippen LogP contribution in [-0.4, -0.2) is 9.97 Å². The third kappa shape index (κ3) is 1.64. The normalized spacial score (nSPS) is 10.8. The smallest absolute Gasteiger partial charge is 0.279 e. The molecular weight excluding hydrogens is 186 g/mol. The van der Waals surface area contributed by atoms with Crippen LogP contribution in [0.4, 0.5) is 8.78 Å². The van der Waals surface area contributed by atoms with E-state index < -0.39 is 6.43 Å². The average Bonchev–Trinajstić information content (AvgIpc) is 2.68. The van der Waals surface area contributed by atoms with Crippen molar-refractivity contribution >= 4 is 0 Å². The lowest BCUT2D eigenvalue weighted by molar-refractivity contribution is 0.146. The molecule has 2 aromatic rings. The Balaban J connectivity index is 2.34. The average molecular weight is 194 g/mol. The Kier molecular flexibility index (Phi) is 2.26. The molecule has 0 aliphatic carbocycles. The summed E-state index contributed by atoms with van der Waals surface area (Å²) in [5, 5.41) is 0. The maximum absolute atomic E-state index is 12.2. The topological polar surface area (TPSA) is 28.7 Å². The van der Waals surface area contributed by atoms with Gasteiger partial charge < -0.3 is 4.98 Å². The SMILES string of the molecule is FC(F)c1cnc(-c2ccccc2)[nH]1. The molecule has 1 aromatic carbocycles. The zero-order valence-corrected chi connectivity index (χ0v) is 7.24. The molecule has 0 saturated carbocycles. The van der Waals surface area contributed by atoms with Crippen LogP contribution < -0.4 is 0 Å². The van der Waals surface area contributed by atoms with Gasteiger partial charge >= 0.3 is 0 Å². The number of imidazole rings is 1. The van der Waals surface area contributed by atoms with E-state index in [1.165, 1.54) is 0 Å². The van der Waals surface area contributed by atoms with Gasteiger partial charge in [0.1, 0.15) is 11.5 Å². The quantitative estimate of drug-likeness (QED) is 0.782. The van der Waals surface area contributed by atoms with E-state index in [0.29, 0.717) is 5.82 Å². The number of halogens is 2. The molecule has 1 N–H and O–H groups in total. The maximum atomic E-state index is 12.2. The summed E-state index contributed by atoms with van der Waals surface area (Å²) in [5.74, 6) is 0.473. The number of aromatic nitrogens is 2. The number of aromatic amines is 1. The molecule has 2 rings (SSSR count). The molecule has 0 radical (unpaired) electrons. The molecule has 0 bridgehead atoms. The van der Waals surface area contributed by atoms with Crippen molar-refractivity contribution in [3.63, 3.8) is 0 Å². The van der Waals surface area contributed by atoms with E-state index in [9.17, 15) is 8.78 Å². The Bertz CT molecular complexity index is 409. The zero-order chi connectivity index (χ0) is 9.97. The maximum Gasteiger partial charge on any atom is 0.279 e. The molecule has 0 aliphatic rings. The third-order valence-electron chi connectivity index (χ3n) is 1.88. The van der Waals surface area contributed by atoms with Gasteiger partial charge in [0.15, 0.2) is 0 Å². The van der Waals surface area contributed by atoms with Crippen LogP contribution in [0.5, 0.6) is 0 Å². The standard InChI is InChI=1S/C10H8F2N2/c11-9(12)8-6-13-10(14-8)7-4-2-1-3-5-7/h1-6,9H,(H,13,14). The van der Waals surface area contributed by atoms with Gasteiger partial charge in [-0.15, -0.1) is 0 Å². The van der Waals surface area contributed by atoms with Gasteiger partial charge in [-0.25, -0.2) is 13.8 Å². The Labute approximate surface area is 79.6 Å². The van der Waals surface area contributed by atoms with E-state index in [4.69, 9.17) is 0 Å². The predicted molar refractivity (Wildman–Crippen MR) is 49.0 cm³/mol. The molecule has 0 unspecified atom stereocenters. The van der Waals surface area contributed by atoms with E-state index in [1.54, 1.807) is 0 Å². The van der Waals surface area contributed by atoms with E-state index in [2.05, 4.69) is 9.97 Å². The minimum Gasteiger partial charge on any atom is -0.337 e. The largest absolute Gasteiger partial charge is 0.337 e. The molecule has 4 heteroatoms. The second-order valence-electron chi connectivity index (χ2n) is 2.85. The molecule has 14 heavy (non-hydrogen) atoms. The van der Waals surface area contributed by atoms with Crippen LogP contribution in [-0.2, 0) is 0 Å². The number of benzene rings is 1. The van der Waals surface area contributed by atoms with Crippen molar-refractivity contribution in [3.05, 3.63) is 42.2 Å². The summed E-state index contributed by atoms with van der Waals surface area (Å²) in [5.41, 5.74) is 0.656. The fraction of sp³-hybridized carbons (Fsp3) is 0.100. The van der Waals surface area contributed by atoms with Crippen molar-refractivity contribution in [2.24, 2.45) is 0 Å². The first kappa shape index (κ1) is 8.87. The van der Waals surface area contributed by atoms with Gasteiger partial charge in [-0.2, -0.15) is 0 Å². The molecule has 72 valence electrons. The highest BCUT2D eigenvalue weighted by molar-refractivity contribution is 5.54. The first-order valence-corrected chi connectivity index (χ1v) is 4.16. The molecule has 0 fully saturated rings. The Morgan fingerprint density at radius 2 is 1.86 bits per heavy atom. The summed E-state index contributed by atoms with van der Waals surface area (Å²) >= 11 is 0. The van der Waals surface area contributed by atoms with Gasteiger partial charge in [0.2, 0.25) is 0 Å². The van der Waals surface area contributed by atoms with Crippen molar-refractivity contribution in [3.8, 4) is 11.4 Å². The molecule has 1 heterocycles. The fourth-order valence-corrected chi connectivity index (χ4v) is 1.19. The molecule has 0 amide bonds. The van der Waals surface area contributed by atoms with Crippen LogP contribution in [0.15, 0.2) is 36.5 Å². The van der Waals surface area contributed by atoms with Crippen molar-refractivity contribution < 1.29 is 8.78 Å². The van der Waals surface area contributed by atoms with Crippen LogP contribution in [0, 0.1) is 0 Å². The summed E-state index contributed by atoms with van der Waals surface area (Å²) in [7, 11) is 0. The molecule has 2 nitrogen and oxygen atoms in total. The number of H-pyrrole nitrogens is 1. The van der Waals surface area contributed by atoms with E-state index in [0.717, 1.165) is 11.8 Å². The van der Waals surface area contributed by atoms with Gasteiger partial charge in [0, 0.05) is 5.56 Å². The van der Waals surface area contributed by atoms with Crippen LogP contribution in [0.25, 0.3) is 11.4 Å². The third-order valence-corrected chi connectivity index (χ3v) is 1.88. The lowest BCUT2D eigenvalue weighted by atomic mass is 10.2. The van der Waals surface area contributed by atoms with Crippen LogP contribution in [0.2, 0.25) is 0 Å². The van der Waals surface area contributed by atoms with Gasteiger partial charge in [0.25, 0.3) is 6.43 Å². The van der Waals surface area contributed by atoms with Crippen LogP contribution in [0.1, 0.15) is 12.1 Å². The Morgan fingerprint density at radius 1 is 1.14 bits per heavy atom. The zero-order valence-electron chi connectivity index (χ0n) is 7.24. The Morgan fingerprint density at radius 3 is 2.43 bits per heavy atom. The van der Waals surface area contributed by atoms with Crippen molar-refractivity contribution in [1.29, 1.82) is 0 Å². The molecular formula is C10H8F2N2. The van der Waals surface area contributed by atoms with Gasteiger partial charge in [-0.1, -0.05) is 30.3 Å². The summed E-state index contributed by atoms with van der Waals surface area (Å²) in [6, 6.07) is 9.16. The first-order valence-electron chi connectivity index (χ1n) is 4.16.